The van der Waals surface area contributed by atoms with Gasteiger partial charge in [-0.2, -0.15) is 0 Å². The van der Waals surface area contributed by atoms with Crippen LogP contribution in [0.15, 0.2) is 23.0 Å². The highest BCUT2D eigenvalue weighted by atomic mass is 16.5. The van der Waals surface area contributed by atoms with E-state index < -0.39 is 0 Å². The van der Waals surface area contributed by atoms with Crippen LogP contribution in [0.4, 0.5) is 0 Å². The zero-order valence-electron chi connectivity index (χ0n) is 21.4. The average molecular weight is 468 g/mol. The molecule has 5 unspecified atom stereocenters. The van der Waals surface area contributed by atoms with Crippen LogP contribution in [0, 0.1) is 34.5 Å². The van der Waals surface area contributed by atoms with E-state index in [9.17, 15) is 0 Å². The van der Waals surface area contributed by atoms with Gasteiger partial charge in [0.15, 0.2) is 0 Å². The quantitative estimate of drug-likeness (QED) is 0.462. The van der Waals surface area contributed by atoms with E-state index in [0.717, 1.165) is 30.8 Å². The summed E-state index contributed by atoms with van der Waals surface area (Å²) in [7, 11) is 0. The first-order chi connectivity index (χ1) is 16.6. The molecule has 0 amide bonds. The highest BCUT2D eigenvalue weighted by Gasteiger charge is 2.68. The van der Waals surface area contributed by atoms with Crippen molar-refractivity contribution in [2.45, 2.75) is 102 Å². The second kappa shape index (κ2) is 8.35. The molecule has 4 saturated carbocycles. The lowest BCUT2D eigenvalue weighted by Gasteiger charge is -2.60. The average Bonchev–Trinajstić information content (AvgIpc) is 3.57. The highest BCUT2D eigenvalue weighted by molar-refractivity contribution is 5.25. The number of rotatable bonds is 6. The van der Waals surface area contributed by atoms with E-state index in [4.69, 9.17) is 13.9 Å². The van der Waals surface area contributed by atoms with Gasteiger partial charge in [0.05, 0.1) is 30.8 Å². The second-order valence-corrected chi connectivity index (χ2v) is 13.4. The summed E-state index contributed by atoms with van der Waals surface area (Å²) < 4.78 is 19.4. The lowest BCUT2D eigenvalue weighted by Crippen LogP contribution is -2.57. The third-order valence-corrected chi connectivity index (χ3v) is 12.1. The standard InChI is InChI=1S/C30H45NO3/c1-29-10-8-24-23-7-6-21-16-22(33-14-5-13-31-11-3-4-12-31)17-27(30(21,24)2)34-26(28(23)29)18-25(29)20-9-15-32-19-20/h9,15,19,21-28H,3-8,10-14,16-18H2,1-2H3/t21?,22?,23-,24-,25?,26?,27?,28-,29-,30+/m1/s1. The Bertz CT molecular complexity index is 864. The first kappa shape index (κ1) is 22.4. The molecule has 34 heavy (non-hydrogen) atoms. The van der Waals surface area contributed by atoms with Crippen LogP contribution in [0.1, 0.15) is 89.5 Å². The van der Waals surface area contributed by atoms with Gasteiger partial charge < -0.3 is 18.8 Å². The molecule has 0 radical (unpaired) electrons. The first-order valence-corrected chi connectivity index (χ1v) is 14.6. The van der Waals surface area contributed by atoms with Gasteiger partial charge in [0, 0.05) is 19.6 Å². The minimum atomic E-state index is 0.356. The van der Waals surface area contributed by atoms with Crippen molar-refractivity contribution >= 4 is 0 Å². The third-order valence-electron chi connectivity index (χ3n) is 12.1. The largest absolute Gasteiger partial charge is 0.472 e. The lowest BCUT2D eigenvalue weighted by molar-refractivity contribution is -0.176. The summed E-state index contributed by atoms with van der Waals surface area (Å²) in [6.45, 7) is 9.98. The highest BCUT2D eigenvalue weighted by Crippen LogP contribution is 2.72. The van der Waals surface area contributed by atoms with Crippen molar-refractivity contribution in [3.05, 3.63) is 24.2 Å². The van der Waals surface area contributed by atoms with Crippen molar-refractivity contribution in [3.63, 3.8) is 0 Å². The van der Waals surface area contributed by atoms with Crippen molar-refractivity contribution in [3.8, 4) is 0 Å². The van der Waals surface area contributed by atoms with Gasteiger partial charge in [-0.15, -0.1) is 0 Å². The molecule has 10 atom stereocenters. The zero-order valence-corrected chi connectivity index (χ0v) is 21.4. The normalized spacial score (nSPS) is 49.8. The Morgan fingerprint density at radius 1 is 1.09 bits per heavy atom. The Kier molecular flexibility index (Phi) is 5.49. The minimum absolute atomic E-state index is 0.356. The fraction of sp³-hybridized carbons (Fsp3) is 0.867. The van der Waals surface area contributed by atoms with Gasteiger partial charge in [0.1, 0.15) is 0 Å². The molecule has 4 nitrogen and oxygen atoms in total. The van der Waals surface area contributed by atoms with E-state index >= 15 is 0 Å². The maximum Gasteiger partial charge on any atom is 0.0937 e. The Labute approximate surface area is 206 Å². The SMILES string of the molecule is C[C@]12C3CC[C@@H]4[C@H]1CC[C@]1(C)C(c5ccoc5)CC(OC2CC(OCCCN2CCCC2)C3)[C@@H]41. The van der Waals surface area contributed by atoms with Crippen LogP contribution in [0.2, 0.25) is 0 Å². The monoisotopic (exact) mass is 467 g/mol. The molecule has 2 saturated heterocycles. The molecule has 0 spiro atoms. The third kappa shape index (κ3) is 3.27. The van der Waals surface area contributed by atoms with Gasteiger partial charge in [-0.1, -0.05) is 13.8 Å². The summed E-state index contributed by atoms with van der Waals surface area (Å²) in [5.41, 5.74) is 2.13. The fourth-order valence-corrected chi connectivity index (χ4v) is 10.5. The van der Waals surface area contributed by atoms with Crippen LogP contribution in [-0.4, -0.2) is 49.5 Å². The van der Waals surface area contributed by atoms with E-state index in [1.165, 1.54) is 83.0 Å². The van der Waals surface area contributed by atoms with Crippen LogP contribution < -0.4 is 0 Å². The molecule has 1 aromatic heterocycles. The molecule has 3 heterocycles. The van der Waals surface area contributed by atoms with Crippen molar-refractivity contribution < 1.29 is 13.9 Å². The molecule has 6 fully saturated rings. The summed E-state index contributed by atoms with van der Waals surface area (Å²) in [6.07, 6.45) is 18.2. The van der Waals surface area contributed by atoms with E-state index in [-0.39, 0.29) is 0 Å². The summed E-state index contributed by atoms with van der Waals surface area (Å²) in [5.74, 6) is 3.78. The van der Waals surface area contributed by atoms with Gasteiger partial charge in [0.25, 0.3) is 0 Å². The molecule has 1 aromatic rings. The summed E-state index contributed by atoms with van der Waals surface area (Å²) in [5, 5.41) is 0. The maximum atomic E-state index is 7.30. The number of hydrogen-bond acceptors (Lipinski definition) is 4. The number of hydrogen-bond donors (Lipinski definition) is 0. The van der Waals surface area contributed by atoms with E-state index in [1.54, 1.807) is 0 Å². The lowest BCUT2D eigenvalue weighted by atomic mass is 9.44. The Morgan fingerprint density at radius 3 is 2.79 bits per heavy atom. The van der Waals surface area contributed by atoms with Crippen LogP contribution in [0.25, 0.3) is 0 Å². The number of likely N-dealkylation sites (tertiary alicyclic amines) is 1. The number of ether oxygens (including phenoxy) is 2. The molecule has 4 bridgehead atoms. The zero-order chi connectivity index (χ0) is 22.9. The molecule has 188 valence electrons. The molecule has 0 aromatic carbocycles. The Morgan fingerprint density at radius 2 is 1.97 bits per heavy atom. The minimum Gasteiger partial charge on any atom is -0.472 e. The Hall–Kier alpha value is -0.840. The van der Waals surface area contributed by atoms with Crippen molar-refractivity contribution in [1.29, 1.82) is 0 Å². The van der Waals surface area contributed by atoms with E-state index in [2.05, 4.69) is 24.8 Å². The molecule has 6 aliphatic rings. The van der Waals surface area contributed by atoms with Crippen molar-refractivity contribution in [2.24, 2.45) is 34.5 Å². The Balaban J connectivity index is 1.10. The molecule has 0 N–H and O–H groups in total. The molecule has 4 heteroatoms. The predicted molar refractivity (Wildman–Crippen MR) is 133 cm³/mol. The fourth-order valence-electron chi connectivity index (χ4n) is 10.5. The molecular formula is C30H45NO3. The summed E-state index contributed by atoms with van der Waals surface area (Å²) in [4.78, 5) is 2.62. The smallest absolute Gasteiger partial charge is 0.0937 e. The van der Waals surface area contributed by atoms with Crippen molar-refractivity contribution in [2.75, 3.05) is 26.2 Å². The van der Waals surface area contributed by atoms with Gasteiger partial charge in [-0.3, -0.25) is 0 Å². The maximum absolute atomic E-state index is 7.30. The van der Waals surface area contributed by atoms with Gasteiger partial charge in [-0.25, -0.2) is 0 Å². The van der Waals surface area contributed by atoms with Crippen LogP contribution >= 0.6 is 0 Å². The summed E-state index contributed by atoms with van der Waals surface area (Å²) >= 11 is 0. The number of furan rings is 1. The second-order valence-electron chi connectivity index (χ2n) is 13.4. The predicted octanol–water partition coefficient (Wildman–Crippen LogP) is 6.26. The van der Waals surface area contributed by atoms with E-state index in [1.807, 2.05) is 12.5 Å². The number of nitrogens with zero attached hydrogens (tertiary/aromatic N) is 1. The topological polar surface area (TPSA) is 34.8 Å². The van der Waals surface area contributed by atoms with E-state index in [0.29, 0.717) is 41.0 Å². The first-order valence-electron chi connectivity index (χ1n) is 14.6. The molecule has 7 rings (SSSR count). The van der Waals surface area contributed by atoms with Crippen LogP contribution in [-0.2, 0) is 9.47 Å². The van der Waals surface area contributed by atoms with Crippen LogP contribution in [0.3, 0.4) is 0 Å². The van der Waals surface area contributed by atoms with Crippen molar-refractivity contribution in [1.82, 2.24) is 4.90 Å². The molecule has 4 aliphatic carbocycles. The molecule has 2 aliphatic heterocycles. The van der Waals surface area contributed by atoms with Crippen LogP contribution in [0.5, 0.6) is 0 Å². The van der Waals surface area contributed by atoms with Gasteiger partial charge >= 0.3 is 0 Å². The summed E-state index contributed by atoms with van der Waals surface area (Å²) in [6, 6.07) is 2.22. The van der Waals surface area contributed by atoms with Gasteiger partial charge in [0.2, 0.25) is 0 Å². The van der Waals surface area contributed by atoms with Gasteiger partial charge in [-0.05, 0) is 123 Å². The molecular weight excluding hydrogens is 422 g/mol.